The van der Waals surface area contributed by atoms with Crippen molar-refractivity contribution in [1.29, 1.82) is 0 Å². The number of rotatable bonds is 6. The van der Waals surface area contributed by atoms with Gasteiger partial charge < -0.3 is 14.7 Å². The molecule has 3 N–H and O–H groups in total. The number of hydrogen-bond donors (Lipinski definition) is 3. The van der Waals surface area contributed by atoms with Gasteiger partial charge in [0.2, 0.25) is 0 Å². The lowest BCUT2D eigenvalue weighted by molar-refractivity contribution is 0.270. The van der Waals surface area contributed by atoms with Crippen LogP contribution < -0.4 is 0 Å². The first-order valence-electron chi connectivity index (χ1n) is 3.51. The summed E-state index contributed by atoms with van der Waals surface area (Å²) in [6, 6.07) is 0. The summed E-state index contributed by atoms with van der Waals surface area (Å²) in [5, 5.41) is 0. The molecule has 9 heteroatoms. The van der Waals surface area contributed by atoms with Crippen LogP contribution in [0.3, 0.4) is 0 Å². The summed E-state index contributed by atoms with van der Waals surface area (Å²) in [7, 11) is -4.91. The van der Waals surface area contributed by atoms with Gasteiger partial charge in [-0.15, -0.1) is 6.58 Å². The Labute approximate surface area is 85.9 Å². The Bertz CT molecular complexity index is 297. The first-order chi connectivity index (χ1) is 6.12. The molecule has 6 nitrogen and oxygen atoms in total. The lowest BCUT2D eigenvalue weighted by atomic mass is 10.3. The molecule has 0 aliphatic carbocycles. The minimum absolute atomic E-state index is 0.225. The largest absolute Gasteiger partial charge is 0.477 e. The molecule has 0 fully saturated rings. The van der Waals surface area contributed by atoms with Crippen molar-refractivity contribution in [3.8, 4) is 0 Å². The van der Waals surface area contributed by atoms with Crippen molar-refractivity contribution in [2.24, 2.45) is 0 Å². The Kier molecular flexibility index (Phi) is 5.62. The second-order valence-electron chi connectivity index (χ2n) is 2.58. The van der Waals surface area contributed by atoms with Crippen molar-refractivity contribution >= 4 is 26.0 Å². The van der Waals surface area contributed by atoms with Crippen LogP contribution in [0.15, 0.2) is 12.2 Å². The second kappa shape index (κ2) is 5.47. The van der Waals surface area contributed by atoms with E-state index in [1.54, 1.807) is 6.92 Å². The van der Waals surface area contributed by atoms with Crippen LogP contribution in [0.4, 0.5) is 0 Å². The number of hydrogen-bond acceptors (Lipinski definition) is 4. The number of allylic oxidation sites excluding steroid dienone is 1. The van der Waals surface area contributed by atoms with Crippen LogP contribution >= 0.6 is 26.0 Å². The summed E-state index contributed by atoms with van der Waals surface area (Å²) >= 11 is 0.470. The molecular weight excluding hydrogens is 250 g/mol. The van der Waals surface area contributed by atoms with Crippen LogP contribution in [0.2, 0.25) is 0 Å². The summed E-state index contributed by atoms with van der Waals surface area (Å²) in [5.41, 5.74) is 0.814. The Morgan fingerprint density at radius 1 is 1.43 bits per heavy atom. The van der Waals surface area contributed by atoms with Crippen LogP contribution in [0.1, 0.15) is 13.3 Å². The molecule has 84 valence electrons. The zero-order chi connectivity index (χ0) is 11.4. The van der Waals surface area contributed by atoms with E-state index in [0.29, 0.717) is 17.8 Å². The quantitative estimate of drug-likeness (QED) is 0.496. The van der Waals surface area contributed by atoms with E-state index >= 15 is 0 Å². The minimum Gasteiger partial charge on any atom is -0.316 e. The van der Waals surface area contributed by atoms with Gasteiger partial charge in [0.05, 0.1) is 0 Å². The molecule has 0 aliphatic heterocycles. The molecule has 14 heavy (non-hydrogen) atoms. The highest BCUT2D eigenvalue weighted by Gasteiger charge is 2.30. The maximum Gasteiger partial charge on any atom is 0.477 e. The summed E-state index contributed by atoms with van der Waals surface area (Å²) < 4.78 is 25.0. The van der Waals surface area contributed by atoms with E-state index < -0.39 is 14.6 Å². The molecule has 0 bridgehead atoms. The molecule has 0 aliphatic rings. The topological polar surface area (TPSA) is 104 Å². The predicted molar refractivity (Wildman–Crippen MR) is 54.8 cm³/mol. The van der Waals surface area contributed by atoms with Gasteiger partial charge in [-0.3, -0.25) is 0 Å². The molecule has 0 spiro atoms. The van der Waals surface area contributed by atoms with Crippen LogP contribution in [0.25, 0.3) is 0 Å². The summed E-state index contributed by atoms with van der Waals surface area (Å²) in [5.74, 6) is 0.225. The molecule has 1 atom stereocenters. The Balaban J connectivity index is 4.03. The van der Waals surface area contributed by atoms with Crippen molar-refractivity contribution < 1.29 is 28.1 Å². The van der Waals surface area contributed by atoms with Gasteiger partial charge in [0.15, 0.2) is 0 Å². The summed E-state index contributed by atoms with van der Waals surface area (Å²) in [4.78, 5) is 25.5. The van der Waals surface area contributed by atoms with Gasteiger partial charge in [0.25, 0.3) is 0 Å². The highest BCUT2D eigenvalue weighted by atomic mass is 32.7. The molecule has 0 amide bonds. The third-order valence-corrected chi connectivity index (χ3v) is 5.51. The van der Waals surface area contributed by atoms with Crippen molar-refractivity contribution in [3.63, 3.8) is 0 Å². The van der Waals surface area contributed by atoms with Crippen molar-refractivity contribution in [2.45, 2.75) is 13.3 Å². The van der Waals surface area contributed by atoms with Crippen molar-refractivity contribution in [2.75, 3.05) is 5.75 Å². The highest BCUT2D eigenvalue weighted by molar-refractivity contribution is 8.55. The minimum atomic E-state index is -4.91. The Morgan fingerprint density at radius 2 is 1.93 bits per heavy atom. The van der Waals surface area contributed by atoms with Crippen LogP contribution in [0.5, 0.6) is 0 Å². The average Bonchev–Trinajstić information content (AvgIpc) is 1.78. The molecule has 0 rings (SSSR count). The van der Waals surface area contributed by atoms with Gasteiger partial charge in [-0.05, 0) is 24.7 Å². The lowest BCUT2D eigenvalue weighted by Gasteiger charge is -2.11. The van der Waals surface area contributed by atoms with Gasteiger partial charge in [-0.25, -0.2) is 9.13 Å². The van der Waals surface area contributed by atoms with E-state index in [-0.39, 0.29) is 5.75 Å². The van der Waals surface area contributed by atoms with E-state index in [9.17, 15) is 9.13 Å². The average molecular weight is 262 g/mol. The normalized spacial score (nSPS) is 16.3. The number of phosphoric acid groups is 1. The standard InChI is InChI=1S/C5H12O6P2S/c1-5(2)3-4-14-13(9,10)11-12(6,7)8/h1,3-4H2,2H3,(H,9,10)(H2,6,7,8). The van der Waals surface area contributed by atoms with Gasteiger partial charge in [-0.1, -0.05) is 5.57 Å². The fourth-order valence-corrected chi connectivity index (χ4v) is 4.60. The van der Waals surface area contributed by atoms with Gasteiger partial charge in [-0.2, -0.15) is 4.31 Å². The smallest absolute Gasteiger partial charge is 0.316 e. The van der Waals surface area contributed by atoms with Crippen LogP contribution in [0, 0.1) is 0 Å². The first kappa shape index (κ1) is 14.4. The maximum absolute atomic E-state index is 11.0. The third-order valence-electron chi connectivity index (χ3n) is 0.993. The summed E-state index contributed by atoms with van der Waals surface area (Å²) in [6.07, 6.45) is 0.486. The van der Waals surface area contributed by atoms with E-state index in [1.165, 1.54) is 0 Å². The zero-order valence-corrected chi connectivity index (χ0v) is 10.1. The molecule has 0 aromatic heterocycles. The molecule has 0 heterocycles. The predicted octanol–water partition coefficient (Wildman–Crippen LogP) is 1.90. The summed E-state index contributed by atoms with van der Waals surface area (Å²) in [6.45, 7) is 1.06. The zero-order valence-electron chi connectivity index (χ0n) is 7.49. The van der Waals surface area contributed by atoms with Crippen molar-refractivity contribution in [1.82, 2.24) is 0 Å². The molecular formula is C5H12O6P2S. The Morgan fingerprint density at radius 3 is 2.29 bits per heavy atom. The van der Waals surface area contributed by atoms with E-state index in [0.717, 1.165) is 5.57 Å². The maximum atomic E-state index is 11.0. The molecule has 0 saturated carbocycles. The molecule has 0 aromatic rings. The monoisotopic (exact) mass is 262 g/mol. The van der Waals surface area contributed by atoms with Crippen LogP contribution in [-0.2, 0) is 13.4 Å². The van der Waals surface area contributed by atoms with Gasteiger partial charge >= 0.3 is 14.6 Å². The molecule has 1 unspecified atom stereocenters. The molecule has 0 saturated heterocycles. The fourth-order valence-electron chi connectivity index (χ4n) is 0.493. The van der Waals surface area contributed by atoms with E-state index in [2.05, 4.69) is 10.9 Å². The van der Waals surface area contributed by atoms with Crippen molar-refractivity contribution in [3.05, 3.63) is 12.2 Å². The Hall–Kier alpha value is 0.390. The SMILES string of the molecule is C=C(C)CCSP(=O)(O)OP(=O)(O)O. The lowest BCUT2D eigenvalue weighted by Crippen LogP contribution is -1.86. The van der Waals surface area contributed by atoms with Gasteiger partial charge in [0.1, 0.15) is 0 Å². The fraction of sp³-hybridized carbons (Fsp3) is 0.600. The molecule has 0 aromatic carbocycles. The highest BCUT2D eigenvalue weighted by Crippen LogP contribution is 2.65. The molecule has 0 radical (unpaired) electrons. The van der Waals surface area contributed by atoms with E-state index in [1.807, 2.05) is 0 Å². The van der Waals surface area contributed by atoms with E-state index in [4.69, 9.17) is 14.7 Å². The third kappa shape index (κ3) is 8.97. The first-order valence-corrected chi connectivity index (χ1v) is 8.21. The van der Waals surface area contributed by atoms with Crippen LogP contribution in [-0.4, -0.2) is 20.4 Å². The van der Waals surface area contributed by atoms with Gasteiger partial charge in [0, 0.05) is 5.75 Å². The second-order valence-corrected chi connectivity index (χ2v) is 7.98.